The second kappa shape index (κ2) is 5.58. The van der Waals surface area contributed by atoms with E-state index in [1.165, 1.54) is 0 Å². The summed E-state index contributed by atoms with van der Waals surface area (Å²) in [5, 5.41) is 8.84. The third-order valence-corrected chi connectivity index (χ3v) is 2.54. The number of halogens is 2. The minimum Gasteiger partial charge on any atom is -0.481 e. The molecular formula is C12H14F2O2. The molecule has 0 bridgehead atoms. The number of benzene rings is 1. The number of aliphatic carboxylic acids is 1. The first-order chi connectivity index (χ1) is 7.50. The van der Waals surface area contributed by atoms with Gasteiger partial charge in [-0.1, -0.05) is 24.3 Å². The highest BCUT2D eigenvalue weighted by Crippen LogP contribution is 2.19. The van der Waals surface area contributed by atoms with Crippen LogP contribution in [0, 0.1) is 12.8 Å². The van der Waals surface area contributed by atoms with E-state index in [1.807, 2.05) is 19.1 Å². The molecule has 0 saturated heterocycles. The minimum atomic E-state index is -2.58. The summed E-state index contributed by atoms with van der Waals surface area (Å²) in [4.78, 5) is 10.8. The molecule has 0 heterocycles. The molecule has 1 aromatic carbocycles. The predicted octanol–water partition coefficient (Wildman–Crippen LogP) is 2.89. The van der Waals surface area contributed by atoms with Crippen molar-refractivity contribution >= 4 is 5.97 Å². The summed E-state index contributed by atoms with van der Waals surface area (Å²) in [7, 11) is 0. The third-order valence-electron chi connectivity index (χ3n) is 2.54. The summed E-state index contributed by atoms with van der Waals surface area (Å²) in [6, 6.07) is 7.23. The van der Waals surface area contributed by atoms with Gasteiger partial charge in [0.15, 0.2) is 0 Å². The van der Waals surface area contributed by atoms with Crippen LogP contribution in [0.2, 0.25) is 0 Å². The van der Waals surface area contributed by atoms with Gasteiger partial charge < -0.3 is 5.11 Å². The SMILES string of the molecule is Cc1ccccc1CC(CC(F)F)C(=O)O. The average Bonchev–Trinajstić information content (AvgIpc) is 2.19. The molecule has 1 rings (SSSR count). The molecule has 0 amide bonds. The van der Waals surface area contributed by atoms with Crippen LogP contribution >= 0.6 is 0 Å². The molecule has 4 heteroatoms. The molecule has 0 aliphatic rings. The van der Waals surface area contributed by atoms with Gasteiger partial charge in [-0.2, -0.15) is 0 Å². The largest absolute Gasteiger partial charge is 0.481 e. The number of carbonyl (C=O) groups is 1. The predicted molar refractivity (Wildman–Crippen MR) is 56.6 cm³/mol. The lowest BCUT2D eigenvalue weighted by atomic mass is 9.94. The smallest absolute Gasteiger partial charge is 0.307 e. The minimum absolute atomic E-state index is 0.159. The quantitative estimate of drug-likeness (QED) is 0.841. The number of alkyl halides is 2. The van der Waals surface area contributed by atoms with Crippen LogP contribution in [0.5, 0.6) is 0 Å². The second-order valence-corrected chi connectivity index (χ2v) is 3.79. The van der Waals surface area contributed by atoms with E-state index in [1.54, 1.807) is 12.1 Å². The Kier molecular flexibility index (Phi) is 4.40. The molecular weight excluding hydrogens is 214 g/mol. The fraction of sp³-hybridized carbons (Fsp3) is 0.417. The molecule has 1 N–H and O–H groups in total. The zero-order valence-electron chi connectivity index (χ0n) is 8.99. The van der Waals surface area contributed by atoms with Crippen LogP contribution in [0.25, 0.3) is 0 Å². The topological polar surface area (TPSA) is 37.3 Å². The summed E-state index contributed by atoms with van der Waals surface area (Å²) in [5.74, 6) is -2.18. The fourth-order valence-electron chi connectivity index (χ4n) is 1.59. The van der Waals surface area contributed by atoms with Gasteiger partial charge in [0.05, 0.1) is 5.92 Å². The highest BCUT2D eigenvalue weighted by atomic mass is 19.3. The van der Waals surface area contributed by atoms with Crippen molar-refractivity contribution in [3.05, 3.63) is 35.4 Å². The maximum Gasteiger partial charge on any atom is 0.307 e. The van der Waals surface area contributed by atoms with E-state index < -0.39 is 24.7 Å². The van der Waals surface area contributed by atoms with Crippen LogP contribution < -0.4 is 0 Å². The Morgan fingerprint density at radius 3 is 2.50 bits per heavy atom. The van der Waals surface area contributed by atoms with Crippen LogP contribution in [0.4, 0.5) is 8.78 Å². The van der Waals surface area contributed by atoms with Crippen molar-refractivity contribution in [1.29, 1.82) is 0 Å². The molecule has 0 fully saturated rings. The summed E-state index contributed by atoms with van der Waals surface area (Å²) < 4.78 is 24.4. The van der Waals surface area contributed by atoms with Gasteiger partial charge in [0, 0.05) is 6.42 Å². The summed E-state index contributed by atoms with van der Waals surface area (Å²) in [6.45, 7) is 1.84. The number of aryl methyl sites for hydroxylation is 1. The van der Waals surface area contributed by atoms with Gasteiger partial charge in [0.2, 0.25) is 6.43 Å². The molecule has 1 atom stereocenters. The van der Waals surface area contributed by atoms with Gasteiger partial charge in [0.1, 0.15) is 0 Å². The van der Waals surface area contributed by atoms with Crippen molar-refractivity contribution in [1.82, 2.24) is 0 Å². The normalized spacial score (nSPS) is 12.8. The molecule has 0 saturated carbocycles. The van der Waals surface area contributed by atoms with Crippen LogP contribution in [-0.4, -0.2) is 17.5 Å². The van der Waals surface area contributed by atoms with Crippen molar-refractivity contribution in [2.45, 2.75) is 26.2 Å². The first-order valence-electron chi connectivity index (χ1n) is 5.06. The van der Waals surface area contributed by atoms with Gasteiger partial charge in [-0.15, -0.1) is 0 Å². The number of carboxylic acid groups (broad SMARTS) is 1. The maximum absolute atomic E-state index is 12.2. The van der Waals surface area contributed by atoms with E-state index in [2.05, 4.69) is 0 Å². The van der Waals surface area contributed by atoms with Crippen LogP contribution in [0.15, 0.2) is 24.3 Å². The van der Waals surface area contributed by atoms with Crippen molar-refractivity contribution < 1.29 is 18.7 Å². The zero-order valence-corrected chi connectivity index (χ0v) is 8.99. The fourth-order valence-corrected chi connectivity index (χ4v) is 1.59. The van der Waals surface area contributed by atoms with Crippen LogP contribution in [0.3, 0.4) is 0 Å². The Morgan fingerprint density at radius 2 is 2.00 bits per heavy atom. The van der Waals surface area contributed by atoms with Gasteiger partial charge in [-0.3, -0.25) is 4.79 Å². The standard InChI is InChI=1S/C12H14F2O2/c1-8-4-2-3-5-9(8)6-10(12(15)16)7-11(13)14/h2-5,10-11H,6-7H2,1H3,(H,15,16). The Hall–Kier alpha value is -1.45. The molecule has 0 aliphatic carbocycles. The lowest BCUT2D eigenvalue weighted by Gasteiger charge is -2.13. The molecule has 0 aromatic heterocycles. The van der Waals surface area contributed by atoms with E-state index in [9.17, 15) is 13.6 Å². The van der Waals surface area contributed by atoms with E-state index >= 15 is 0 Å². The van der Waals surface area contributed by atoms with Crippen LogP contribution in [-0.2, 0) is 11.2 Å². The van der Waals surface area contributed by atoms with Crippen molar-refractivity contribution in [2.24, 2.45) is 5.92 Å². The van der Waals surface area contributed by atoms with E-state index in [0.717, 1.165) is 11.1 Å². The molecule has 1 unspecified atom stereocenters. The third kappa shape index (κ3) is 3.61. The molecule has 1 aromatic rings. The highest BCUT2D eigenvalue weighted by Gasteiger charge is 2.22. The van der Waals surface area contributed by atoms with Crippen molar-refractivity contribution in [3.8, 4) is 0 Å². The zero-order chi connectivity index (χ0) is 12.1. The molecule has 16 heavy (non-hydrogen) atoms. The molecule has 88 valence electrons. The Labute approximate surface area is 92.9 Å². The molecule has 0 aliphatic heterocycles. The summed E-state index contributed by atoms with van der Waals surface area (Å²) in [6.07, 6.45) is -3.01. The van der Waals surface area contributed by atoms with Gasteiger partial charge in [-0.05, 0) is 24.5 Å². The maximum atomic E-state index is 12.2. The number of rotatable bonds is 5. The number of hydrogen-bond acceptors (Lipinski definition) is 1. The number of hydrogen-bond donors (Lipinski definition) is 1. The number of carboxylic acids is 1. The van der Waals surface area contributed by atoms with Crippen molar-refractivity contribution in [3.63, 3.8) is 0 Å². The Balaban J connectivity index is 2.76. The van der Waals surface area contributed by atoms with E-state index in [0.29, 0.717) is 0 Å². The first-order valence-corrected chi connectivity index (χ1v) is 5.06. The Bertz CT molecular complexity index is 364. The van der Waals surface area contributed by atoms with E-state index in [4.69, 9.17) is 5.11 Å². The first kappa shape index (κ1) is 12.6. The summed E-state index contributed by atoms with van der Waals surface area (Å²) in [5.41, 5.74) is 1.75. The molecule has 0 spiro atoms. The average molecular weight is 228 g/mol. The Morgan fingerprint density at radius 1 is 1.38 bits per heavy atom. The van der Waals surface area contributed by atoms with E-state index in [-0.39, 0.29) is 6.42 Å². The van der Waals surface area contributed by atoms with Gasteiger partial charge in [0.25, 0.3) is 0 Å². The highest BCUT2D eigenvalue weighted by molar-refractivity contribution is 5.70. The molecule has 0 radical (unpaired) electrons. The molecule has 2 nitrogen and oxygen atoms in total. The summed E-state index contributed by atoms with van der Waals surface area (Å²) >= 11 is 0. The van der Waals surface area contributed by atoms with Gasteiger partial charge >= 0.3 is 5.97 Å². The second-order valence-electron chi connectivity index (χ2n) is 3.79. The monoisotopic (exact) mass is 228 g/mol. The lowest BCUT2D eigenvalue weighted by Crippen LogP contribution is -2.19. The van der Waals surface area contributed by atoms with Crippen molar-refractivity contribution in [2.75, 3.05) is 0 Å². The lowest BCUT2D eigenvalue weighted by molar-refractivity contribution is -0.143. The van der Waals surface area contributed by atoms with Crippen LogP contribution in [0.1, 0.15) is 17.5 Å². The van der Waals surface area contributed by atoms with Gasteiger partial charge in [-0.25, -0.2) is 8.78 Å².